The second-order valence-corrected chi connectivity index (χ2v) is 5.38. The van der Waals surface area contributed by atoms with Crippen molar-refractivity contribution >= 4 is 27.5 Å². The standard InChI is InChI=1S/C15H17BrO2/c1-2-18-15(17)13-5-3-11(4-6-13)12-7-9-14(16)10-8-12/h3,7-10,13H,2,4-6H2,1H3. The summed E-state index contributed by atoms with van der Waals surface area (Å²) in [5.41, 5.74) is 2.59. The normalized spacial score (nSPS) is 19.2. The van der Waals surface area contributed by atoms with Gasteiger partial charge in [0.1, 0.15) is 0 Å². The van der Waals surface area contributed by atoms with E-state index >= 15 is 0 Å². The quantitative estimate of drug-likeness (QED) is 0.782. The van der Waals surface area contributed by atoms with Crippen LogP contribution < -0.4 is 0 Å². The molecule has 0 saturated carbocycles. The SMILES string of the molecule is CCOC(=O)C1CC=C(c2ccc(Br)cc2)CC1. The molecule has 96 valence electrons. The number of hydrogen-bond donors (Lipinski definition) is 0. The van der Waals surface area contributed by atoms with Gasteiger partial charge in [-0.3, -0.25) is 4.79 Å². The van der Waals surface area contributed by atoms with Gasteiger partial charge >= 0.3 is 5.97 Å². The minimum atomic E-state index is -0.0522. The van der Waals surface area contributed by atoms with Crippen LogP contribution in [0.3, 0.4) is 0 Å². The first-order valence-corrected chi connectivity index (χ1v) is 7.11. The van der Waals surface area contributed by atoms with Crippen LogP contribution in [0, 0.1) is 5.92 Å². The Morgan fingerprint density at radius 2 is 2.11 bits per heavy atom. The maximum Gasteiger partial charge on any atom is 0.309 e. The number of allylic oxidation sites excluding steroid dienone is 2. The molecule has 0 saturated heterocycles. The molecule has 18 heavy (non-hydrogen) atoms. The van der Waals surface area contributed by atoms with Crippen molar-refractivity contribution < 1.29 is 9.53 Å². The van der Waals surface area contributed by atoms with Crippen LogP contribution in [0.1, 0.15) is 31.7 Å². The molecule has 1 aliphatic rings. The summed E-state index contributed by atoms with van der Waals surface area (Å²) in [5, 5.41) is 0. The average Bonchev–Trinajstić information content (AvgIpc) is 2.40. The fraction of sp³-hybridized carbons (Fsp3) is 0.400. The largest absolute Gasteiger partial charge is 0.466 e. The summed E-state index contributed by atoms with van der Waals surface area (Å²) in [6.07, 6.45) is 4.81. The minimum Gasteiger partial charge on any atom is -0.466 e. The number of carbonyl (C=O) groups is 1. The van der Waals surface area contributed by atoms with Crippen LogP contribution in [-0.2, 0) is 9.53 Å². The lowest BCUT2D eigenvalue weighted by molar-refractivity contribution is -0.148. The first-order chi connectivity index (χ1) is 8.70. The van der Waals surface area contributed by atoms with Crippen LogP contribution in [0.4, 0.5) is 0 Å². The van der Waals surface area contributed by atoms with Crippen LogP contribution in [0.15, 0.2) is 34.8 Å². The maximum atomic E-state index is 11.6. The zero-order valence-electron chi connectivity index (χ0n) is 10.5. The van der Waals surface area contributed by atoms with Gasteiger partial charge in [-0.1, -0.05) is 34.1 Å². The zero-order chi connectivity index (χ0) is 13.0. The summed E-state index contributed by atoms with van der Waals surface area (Å²) in [5.74, 6) is -0.00671. The van der Waals surface area contributed by atoms with Crippen LogP contribution in [0.25, 0.3) is 5.57 Å². The van der Waals surface area contributed by atoms with Crippen molar-refractivity contribution in [1.82, 2.24) is 0 Å². The van der Waals surface area contributed by atoms with Crippen LogP contribution in [0.5, 0.6) is 0 Å². The van der Waals surface area contributed by atoms with E-state index in [0.717, 1.165) is 23.7 Å². The Kier molecular flexibility index (Phi) is 4.59. The molecule has 1 unspecified atom stereocenters. The number of rotatable bonds is 3. The molecular weight excluding hydrogens is 292 g/mol. The van der Waals surface area contributed by atoms with E-state index in [1.807, 2.05) is 19.1 Å². The first kappa shape index (κ1) is 13.3. The third-order valence-electron chi connectivity index (χ3n) is 3.25. The lowest BCUT2D eigenvalue weighted by Crippen LogP contribution is -2.19. The fourth-order valence-electron chi connectivity index (χ4n) is 2.23. The maximum absolute atomic E-state index is 11.6. The van der Waals surface area contributed by atoms with Gasteiger partial charge in [-0.05, 0) is 49.5 Å². The summed E-state index contributed by atoms with van der Waals surface area (Å²) in [6, 6.07) is 8.32. The predicted octanol–water partition coefficient (Wildman–Crippen LogP) is 4.20. The fourth-order valence-corrected chi connectivity index (χ4v) is 2.50. The summed E-state index contributed by atoms with van der Waals surface area (Å²) >= 11 is 3.43. The molecule has 1 aromatic carbocycles. The van der Waals surface area contributed by atoms with E-state index in [2.05, 4.69) is 34.1 Å². The van der Waals surface area contributed by atoms with Gasteiger partial charge in [-0.25, -0.2) is 0 Å². The van der Waals surface area contributed by atoms with E-state index < -0.39 is 0 Å². The topological polar surface area (TPSA) is 26.3 Å². The minimum absolute atomic E-state index is 0.0455. The van der Waals surface area contributed by atoms with Gasteiger partial charge in [-0.15, -0.1) is 0 Å². The summed E-state index contributed by atoms with van der Waals surface area (Å²) in [4.78, 5) is 11.6. The molecular formula is C15H17BrO2. The number of ether oxygens (including phenoxy) is 1. The highest BCUT2D eigenvalue weighted by molar-refractivity contribution is 9.10. The van der Waals surface area contributed by atoms with Gasteiger partial charge in [0.2, 0.25) is 0 Å². The predicted molar refractivity (Wildman–Crippen MR) is 76.1 cm³/mol. The highest BCUT2D eigenvalue weighted by Gasteiger charge is 2.22. The van der Waals surface area contributed by atoms with Crippen LogP contribution in [-0.4, -0.2) is 12.6 Å². The molecule has 1 atom stereocenters. The Balaban J connectivity index is 2.02. The van der Waals surface area contributed by atoms with E-state index in [4.69, 9.17) is 4.74 Å². The Hall–Kier alpha value is -1.09. The van der Waals surface area contributed by atoms with E-state index in [1.54, 1.807) is 0 Å². The Morgan fingerprint density at radius 1 is 1.39 bits per heavy atom. The molecule has 0 fully saturated rings. The zero-order valence-corrected chi connectivity index (χ0v) is 12.1. The number of esters is 1. The molecule has 1 aliphatic carbocycles. The van der Waals surface area contributed by atoms with Crippen molar-refractivity contribution in [2.75, 3.05) is 6.61 Å². The summed E-state index contributed by atoms with van der Waals surface area (Å²) in [6.45, 7) is 2.32. The number of halogens is 1. The van der Waals surface area contributed by atoms with Gasteiger partial charge in [0.25, 0.3) is 0 Å². The highest BCUT2D eigenvalue weighted by atomic mass is 79.9. The summed E-state index contributed by atoms with van der Waals surface area (Å²) < 4.78 is 6.15. The number of hydrogen-bond acceptors (Lipinski definition) is 2. The van der Waals surface area contributed by atoms with Crippen LogP contribution in [0.2, 0.25) is 0 Å². The van der Waals surface area contributed by atoms with E-state index in [0.29, 0.717) is 6.61 Å². The van der Waals surface area contributed by atoms with E-state index in [1.165, 1.54) is 11.1 Å². The van der Waals surface area contributed by atoms with Crippen molar-refractivity contribution in [2.45, 2.75) is 26.2 Å². The Labute approximate surface area is 116 Å². The monoisotopic (exact) mass is 308 g/mol. The molecule has 0 amide bonds. The molecule has 0 N–H and O–H groups in total. The smallest absolute Gasteiger partial charge is 0.309 e. The van der Waals surface area contributed by atoms with Gasteiger partial charge in [0.05, 0.1) is 12.5 Å². The molecule has 0 bridgehead atoms. The van der Waals surface area contributed by atoms with Crippen molar-refractivity contribution in [2.24, 2.45) is 5.92 Å². The molecule has 0 radical (unpaired) electrons. The van der Waals surface area contributed by atoms with Gasteiger partial charge in [0, 0.05) is 4.47 Å². The number of carbonyl (C=O) groups excluding carboxylic acids is 1. The molecule has 0 heterocycles. The van der Waals surface area contributed by atoms with Crippen molar-refractivity contribution in [1.29, 1.82) is 0 Å². The highest BCUT2D eigenvalue weighted by Crippen LogP contribution is 2.31. The number of benzene rings is 1. The molecule has 2 nitrogen and oxygen atoms in total. The van der Waals surface area contributed by atoms with E-state index in [9.17, 15) is 4.79 Å². The molecule has 3 heteroatoms. The molecule has 1 aromatic rings. The Morgan fingerprint density at radius 3 is 2.67 bits per heavy atom. The molecule has 0 aromatic heterocycles. The lowest BCUT2D eigenvalue weighted by atomic mass is 9.87. The lowest BCUT2D eigenvalue weighted by Gasteiger charge is -2.20. The van der Waals surface area contributed by atoms with Gasteiger partial charge < -0.3 is 4.74 Å². The molecule has 2 rings (SSSR count). The molecule has 0 spiro atoms. The third-order valence-corrected chi connectivity index (χ3v) is 3.77. The van der Waals surface area contributed by atoms with Gasteiger partial charge in [-0.2, -0.15) is 0 Å². The van der Waals surface area contributed by atoms with Crippen molar-refractivity contribution in [3.8, 4) is 0 Å². The van der Waals surface area contributed by atoms with Crippen molar-refractivity contribution in [3.63, 3.8) is 0 Å². The second-order valence-electron chi connectivity index (χ2n) is 4.46. The second kappa shape index (κ2) is 6.19. The first-order valence-electron chi connectivity index (χ1n) is 6.32. The van der Waals surface area contributed by atoms with Crippen LogP contribution >= 0.6 is 15.9 Å². The average molecular weight is 309 g/mol. The summed E-state index contributed by atoms with van der Waals surface area (Å²) in [7, 11) is 0. The third kappa shape index (κ3) is 3.22. The van der Waals surface area contributed by atoms with E-state index in [-0.39, 0.29) is 11.9 Å². The van der Waals surface area contributed by atoms with Crippen molar-refractivity contribution in [3.05, 3.63) is 40.4 Å². The Bertz CT molecular complexity index is 448. The molecule has 0 aliphatic heterocycles. The van der Waals surface area contributed by atoms with Gasteiger partial charge in [0.15, 0.2) is 0 Å².